The molecule has 3 N–H and O–H groups in total. The number of nitrogens with one attached hydrogen (secondary N) is 1. The predicted octanol–water partition coefficient (Wildman–Crippen LogP) is 4.13. The minimum Gasteiger partial charge on any atom is -0.491 e. The monoisotopic (exact) mass is 370 g/mol. The van der Waals surface area contributed by atoms with Gasteiger partial charge in [-0.15, -0.1) is 0 Å². The molecule has 0 spiro atoms. The van der Waals surface area contributed by atoms with Crippen molar-refractivity contribution in [2.45, 2.75) is 39.2 Å². The summed E-state index contributed by atoms with van der Waals surface area (Å²) >= 11 is 0. The molecule has 0 saturated carbocycles. The molecule has 0 fully saturated rings. The van der Waals surface area contributed by atoms with Gasteiger partial charge in [-0.1, -0.05) is 12.1 Å². The lowest BCUT2D eigenvalue weighted by atomic mass is 10.1. The van der Waals surface area contributed by atoms with E-state index in [1.807, 2.05) is 38.1 Å². The molecular weight excluding hydrogens is 344 g/mol. The van der Waals surface area contributed by atoms with Gasteiger partial charge in [-0.2, -0.15) is 0 Å². The summed E-state index contributed by atoms with van der Waals surface area (Å²) in [6.45, 7) is 4.59. The number of aryl methyl sites for hydroxylation is 1. The van der Waals surface area contributed by atoms with Crippen LogP contribution in [0.4, 0.5) is 11.4 Å². The SMILES string of the molecule is CC(C)Oc1ccc(NC(N)=NCCCCc2ccc([N+](=O)[O-])cc2)cc1. The van der Waals surface area contributed by atoms with Crippen LogP contribution >= 0.6 is 0 Å². The van der Waals surface area contributed by atoms with E-state index >= 15 is 0 Å². The van der Waals surface area contributed by atoms with Crippen molar-refractivity contribution in [2.24, 2.45) is 10.7 Å². The number of nitrogens with zero attached hydrogens (tertiary/aromatic N) is 2. The number of rotatable bonds is 9. The van der Waals surface area contributed by atoms with Gasteiger partial charge in [0, 0.05) is 24.4 Å². The van der Waals surface area contributed by atoms with E-state index < -0.39 is 0 Å². The summed E-state index contributed by atoms with van der Waals surface area (Å²) in [5, 5.41) is 13.7. The lowest BCUT2D eigenvalue weighted by Gasteiger charge is -2.11. The highest BCUT2D eigenvalue weighted by molar-refractivity contribution is 5.92. The molecule has 2 aromatic carbocycles. The number of unbranched alkanes of at least 4 members (excludes halogenated alkanes) is 1. The smallest absolute Gasteiger partial charge is 0.269 e. The molecule has 0 aliphatic heterocycles. The number of anilines is 1. The second-order valence-corrected chi connectivity index (χ2v) is 6.46. The van der Waals surface area contributed by atoms with E-state index in [0.717, 1.165) is 36.3 Å². The van der Waals surface area contributed by atoms with Crippen LogP contribution in [0, 0.1) is 10.1 Å². The standard InChI is InChI=1S/C20H26N4O3/c1-15(2)27-19-12-8-17(9-13-19)23-20(21)22-14-4-3-5-16-6-10-18(11-7-16)24(25)26/h6-13,15H,3-5,14H2,1-2H3,(H3,21,22,23). The second kappa shape index (κ2) is 10.2. The van der Waals surface area contributed by atoms with Gasteiger partial charge in [-0.3, -0.25) is 15.1 Å². The van der Waals surface area contributed by atoms with Crippen molar-refractivity contribution in [1.82, 2.24) is 0 Å². The topological polar surface area (TPSA) is 103 Å². The fourth-order valence-electron chi connectivity index (χ4n) is 2.50. The molecule has 0 aromatic heterocycles. The number of nitro benzene ring substituents is 1. The number of benzene rings is 2. The molecule has 7 nitrogen and oxygen atoms in total. The number of non-ortho nitro benzene ring substituents is 1. The lowest BCUT2D eigenvalue weighted by Crippen LogP contribution is -2.22. The summed E-state index contributed by atoms with van der Waals surface area (Å²) in [6, 6.07) is 14.2. The molecule has 0 aliphatic rings. The van der Waals surface area contributed by atoms with Crippen molar-refractivity contribution >= 4 is 17.3 Å². The summed E-state index contributed by atoms with van der Waals surface area (Å²) in [6.07, 6.45) is 2.83. The first-order valence-electron chi connectivity index (χ1n) is 9.01. The van der Waals surface area contributed by atoms with Gasteiger partial charge in [-0.05, 0) is 62.9 Å². The Kier molecular flexibility index (Phi) is 7.61. The maximum absolute atomic E-state index is 10.6. The van der Waals surface area contributed by atoms with Crippen LogP contribution in [0.1, 0.15) is 32.3 Å². The van der Waals surface area contributed by atoms with Crippen LogP contribution < -0.4 is 15.8 Å². The molecule has 0 heterocycles. The molecule has 0 atom stereocenters. The minimum absolute atomic E-state index is 0.117. The molecule has 0 amide bonds. The third kappa shape index (κ3) is 7.35. The Morgan fingerprint density at radius 1 is 1.15 bits per heavy atom. The first kappa shape index (κ1) is 20.2. The highest BCUT2D eigenvalue weighted by Crippen LogP contribution is 2.17. The quantitative estimate of drug-likeness (QED) is 0.227. The van der Waals surface area contributed by atoms with Gasteiger partial charge in [0.25, 0.3) is 5.69 Å². The second-order valence-electron chi connectivity index (χ2n) is 6.46. The van der Waals surface area contributed by atoms with Gasteiger partial charge < -0.3 is 15.8 Å². The van der Waals surface area contributed by atoms with Crippen molar-refractivity contribution < 1.29 is 9.66 Å². The fraction of sp³-hybridized carbons (Fsp3) is 0.350. The Morgan fingerprint density at radius 2 is 1.81 bits per heavy atom. The van der Waals surface area contributed by atoms with E-state index in [4.69, 9.17) is 10.5 Å². The van der Waals surface area contributed by atoms with Crippen LogP contribution in [0.3, 0.4) is 0 Å². The molecule has 2 aromatic rings. The molecule has 0 saturated heterocycles. The van der Waals surface area contributed by atoms with Crippen LogP contribution in [0.2, 0.25) is 0 Å². The average molecular weight is 370 g/mol. The fourth-order valence-corrected chi connectivity index (χ4v) is 2.50. The van der Waals surface area contributed by atoms with Crippen LogP contribution in [-0.4, -0.2) is 23.5 Å². The number of guanidine groups is 1. The first-order chi connectivity index (χ1) is 12.9. The van der Waals surface area contributed by atoms with Crippen LogP contribution in [0.25, 0.3) is 0 Å². The van der Waals surface area contributed by atoms with Gasteiger partial charge >= 0.3 is 0 Å². The van der Waals surface area contributed by atoms with E-state index in [1.165, 1.54) is 12.1 Å². The normalized spacial score (nSPS) is 11.4. The summed E-state index contributed by atoms with van der Waals surface area (Å²) < 4.78 is 5.60. The lowest BCUT2D eigenvalue weighted by molar-refractivity contribution is -0.384. The Balaban J connectivity index is 1.70. The number of hydrogen-bond acceptors (Lipinski definition) is 4. The Morgan fingerprint density at radius 3 is 2.41 bits per heavy atom. The predicted molar refractivity (Wildman–Crippen MR) is 108 cm³/mol. The minimum atomic E-state index is -0.390. The molecule has 144 valence electrons. The van der Waals surface area contributed by atoms with Crippen molar-refractivity contribution in [3.63, 3.8) is 0 Å². The van der Waals surface area contributed by atoms with E-state index in [0.29, 0.717) is 12.5 Å². The number of nitro groups is 1. The number of nitrogens with two attached hydrogens (primary N) is 1. The average Bonchev–Trinajstić information content (AvgIpc) is 2.63. The molecule has 2 rings (SSSR count). The van der Waals surface area contributed by atoms with Crippen molar-refractivity contribution in [1.29, 1.82) is 0 Å². The summed E-state index contributed by atoms with van der Waals surface area (Å²) in [4.78, 5) is 14.6. The van der Waals surface area contributed by atoms with Crippen LogP contribution in [-0.2, 0) is 6.42 Å². The maximum atomic E-state index is 10.6. The molecule has 0 unspecified atom stereocenters. The number of aliphatic imine (C=N–C) groups is 1. The zero-order valence-electron chi connectivity index (χ0n) is 15.7. The van der Waals surface area contributed by atoms with E-state index in [-0.39, 0.29) is 16.7 Å². The summed E-state index contributed by atoms with van der Waals surface area (Å²) in [5.41, 5.74) is 7.97. The third-order valence-electron chi connectivity index (χ3n) is 3.80. The van der Waals surface area contributed by atoms with Gasteiger partial charge in [0.15, 0.2) is 5.96 Å². The van der Waals surface area contributed by atoms with Gasteiger partial charge in [-0.25, -0.2) is 0 Å². The van der Waals surface area contributed by atoms with Crippen molar-refractivity contribution in [2.75, 3.05) is 11.9 Å². The van der Waals surface area contributed by atoms with Gasteiger partial charge in [0.05, 0.1) is 11.0 Å². The summed E-state index contributed by atoms with van der Waals surface area (Å²) in [5.74, 6) is 1.19. The number of ether oxygens (including phenoxy) is 1. The van der Waals surface area contributed by atoms with Crippen molar-refractivity contribution in [3.05, 3.63) is 64.2 Å². The third-order valence-corrected chi connectivity index (χ3v) is 3.80. The largest absolute Gasteiger partial charge is 0.491 e. The summed E-state index contributed by atoms with van der Waals surface area (Å²) in [7, 11) is 0. The van der Waals surface area contributed by atoms with Crippen LogP contribution in [0.5, 0.6) is 5.75 Å². The van der Waals surface area contributed by atoms with E-state index in [9.17, 15) is 10.1 Å². The van der Waals surface area contributed by atoms with E-state index in [2.05, 4.69) is 10.3 Å². The number of hydrogen-bond donors (Lipinski definition) is 2. The van der Waals surface area contributed by atoms with Gasteiger partial charge in [0.1, 0.15) is 5.75 Å². The molecule has 0 radical (unpaired) electrons. The zero-order chi connectivity index (χ0) is 19.6. The van der Waals surface area contributed by atoms with Crippen molar-refractivity contribution in [3.8, 4) is 5.75 Å². The molecule has 0 bridgehead atoms. The van der Waals surface area contributed by atoms with E-state index in [1.54, 1.807) is 12.1 Å². The van der Waals surface area contributed by atoms with Gasteiger partial charge in [0.2, 0.25) is 0 Å². The molecule has 7 heteroatoms. The molecule has 0 aliphatic carbocycles. The van der Waals surface area contributed by atoms with Crippen LogP contribution in [0.15, 0.2) is 53.5 Å². The maximum Gasteiger partial charge on any atom is 0.269 e. The Labute approximate surface area is 159 Å². The first-order valence-corrected chi connectivity index (χ1v) is 9.01. The molecular formula is C20H26N4O3. The Hall–Kier alpha value is -3.09. The highest BCUT2D eigenvalue weighted by Gasteiger charge is 2.03. The highest BCUT2D eigenvalue weighted by atomic mass is 16.6. The Bertz CT molecular complexity index is 756. The zero-order valence-corrected chi connectivity index (χ0v) is 15.7. The molecule has 27 heavy (non-hydrogen) atoms.